The van der Waals surface area contributed by atoms with Crippen LogP contribution in [0.5, 0.6) is 0 Å². The van der Waals surface area contributed by atoms with Gasteiger partial charge in [-0.25, -0.2) is 0 Å². The van der Waals surface area contributed by atoms with Crippen LogP contribution in [0.4, 0.5) is 4.79 Å². The highest BCUT2D eigenvalue weighted by molar-refractivity contribution is 14.1. The van der Waals surface area contributed by atoms with Gasteiger partial charge < -0.3 is 9.64 Å². The molecule has 5 heteroatoms. The largest absolute Gasteiger partial charge is 0.469 e. The summed E-state index contributed by atoms with van der Waals surface area (Å²) >= 11 is 1.77. The molecule has 0 N–H and O–H groups in total. The number of halogens is 1. The number of ether oxygens (including phenoxy) is 1. The van der Waals surface area contributed by atoms with Crippen LogP contribution in [0.3, 0.4) is 0 Å². The minimum atomic E-state index is -0.152. The maximum Gasteiger partial charge on any atom is 0.308 e. The number of methoxy groups -OCH3 is 1. The van der Waals surface area contributed by atoms with Crippen molar-refractivity contribution in [3.05, 3.63) is 0 Å². The predicted octanol–water partition coefficient (Wildman–Crippen LogP) is 1.43. The highest BCUT2D eigenvalue weighted by atomic mass is 127. The number of piperidine rings is 1. The molecule has 0 aliphatic carbocycles. The molecule has 1 rings (SSSR count). The van der Waals surface area contributed by atoms with E-state index >= 15 is 0 Å². The first-order valence-electron chi connectivity index (χ1n) is 4.17. The number of nitrogens with zero attached hydrogens (tertiary/aromatic N) is 1. The van der Waals surface area contributed by atoms with Crippen molar-refractivity contribution in [2.24, 2.45) is 5.92 Å². The van der Waals surface area contributed by atoms with Gasteiger partial charge in [-0.1, -0.05) is 0 Å². The molecule has 0 bridgehead atoms. The summed E-state index contributed by atoms with van der Waals surface area (Å²) in [4.78, 5) is 23.8. The SMILES string of the molecule is COC(=O)C1CCN(C(=O)I)CC1. The first-order valence-corrected chi connectivity index (χ1v) is 5.25. The zero-order valence-electron chi connectivity index (χ0n) is 7.46. The van der Waals surface area contributed by atoms with Crippen LogP contribution in [0.2, 0.25) is 0 Å². The molecule has 1 aliphatic heterocycles. The molecule has 0 aromatic heterocycles. The van der Waals surface area contributed by atoms with E-state index in [0.29, 0.717) is 13.1 Å². The lowest BCUT2D eigenvalue weighted by Gasteiger charge is -2.28. The van der Waals surface area contributed by atoms with Crippen molar-refractivity contribution in [3.8, 4) is 0 Å². The second-order valence-corrected chi connectivity index (χ2v) is 3.96. The van der Waals surface area contributed by atoms with Crippen LogP contribution < -0.4 is 0 Å². The van der Waals surface area contributed by atoms with Gasteiger partial charge in [0.25, 0.3) is 3.91 Å². The van der Waals surface area contributed by atoms with E-state index in [1.165, 1.54) is 7.11 Å². The minimum absolute atomic E-state index is 0.0167. The molecule has 1 fully saturated rings. The van der Waals surface area contributed by atoms with E-state index in [1.54, 1.807) is 27.5 Å². The lowest BCUT2D eigenvalue weighted by Crippen LogP contribution is -2.37. The molecule has 1 aliphatic rings. The number of rotatable bonds is 1. The van der Waals surface area contributed by atoms with Gasteiger partial charge in [0.15, 0.2) is 0 Å². The Bertz CT molecular complexity index is 211. The molecule has 1 heterocycles. The van der Waals surface area contributed by atoms with Crippen molar-refractivity contribution < 1.29 is 14.3 Å². The molecule has 0 radical (unpaired) electrons. The van der Waals surface area contributed by atoms with E-state index in [2.05, 4.69) is 4.74 Å². The van der Waals surface area contributed by atoms with Crippen molar-refractivity contribution in [2.75, 3.05) is 20.2 Å². The van der Waals surface area contributed by atoms with Crippen LogP contribution >= 0.6 is 22.6 Å². The van der Waals surface area contributed by atoms with Gasteiger partial charge in [-0.15, -0.1) is 0 Å². The van der Waals surface area contributed by atoms with Crippen molar-refractivity contribution in [2.45, 2.75) is 12.8 Å². The van der Waals surface area contributed by atoms with Crippen LogP contribution in [0.1, 0.15) is 12.8 Å². The van der Waals surface area contributed by atoms with Crippen LogP contribution in [0, 0.1) is 5.92 Å². The standard InChI is InChI=1S/C8H12INO3/c1-13-7(11)6-2-4-10(5-3-6)8(9)12/h6H,2-5H2,1H3. The Kier molecular flexibility index (Phi) is 3.95. The maximum atomic E-state index is 11.1. The molecular formula is C8H12INO3. The summed E-state index contributed by atoms with van der Waals surface area (Å²) in [5, 5.41) is 0. The third-order valence-electron chi connectivity index (χ3n) is 2.28. The first kappa shape index (κ1) is 10.7. The molecule has 4 nitrogen and oxygen atoms in total. The number of carbonyl (C=O) groups is 2. The van der Waals surface area contributed by atoms with E-state index in [1.807, 2.05) is 0 Å². The van der Waals surface area contributed by atoms with Gasteiger partial charge in [-0.3, -0.25) is 9.59 Å². The Hall–Kier alpha value is -0.330. The van der Waals surface area contributed by atoms with E-state index in [4.69, 9.17) is 0 Å². The quantitative estimate of drug-likeness (QED) is 0.318. The predicted molar refractivity (Wildman–Crippen MR) is 55.7 cm³/mol. The summed E-state index contributed by atoms with van der Waals surface area (Å²) < 4.78 is 4.70. The van der Waals surface area contributed by atoms with Crippen molar-refractivity contribution in [1.82, 2.24) is 4.90 Å². The van der Waals surface area contributed by atoms with Gasteiger partial charge in [-0.2, -0.15) is 0 Å². The van der Waals surface area contributed by atoms with Gasteiger partial charge >= 0.3 is 5.97 Å². The molecule has 0 unspecified atom stereocenters. The van der Waals surface area contributed by atoms with Gasteiger partial charge in [0.1, 0.15) is 0 Å². The van der Waals surface area contributed by atoms with E-state index < -0.39 is 0 Å². The third-order valence-corrected chi connectivity index (χ3v) is 2.96. The van der Waals surface area contributed by atoms with Crippen LogP contribution in [-0.2, 0) is 9.53 Å². The van der Waals surface area contributed by atoms with Crippen molar-refractivity contribution >= 4 is 32.5 Å². The summed E-state index contributed by atoms with van der Waals surface area (Å²) in [5.74, 6) is -0.169. The van der Waals surface area contributed by atoms with Crippen molar-refractivity contribution in [1.29, 1.82) is 0 Å². The second kappa shape index (κ2) is 4.78. The van der Waals surface area contributed by atoms with E-state index in [9.17, 15) is 9.59 Å². The molecule has 1 saturated heterocycles. The Labute approximate surface area is 90.7 Å². The minimum Gasteiger partial charge on any atom is -0.469 e. The van der Waals surface area contributed by atoms with Crippen LogP contribution in [0.15, 0.2) is 0 Å². The zero-order valence-corrected chi connectivity index (χ0v) is 9.61. The fraction of sp³-hybridized carbons (Fsp3) is 0.750. The first-order chi connectivity index (χ1) is 6.15. The number of likely N-dealkylation sites (tertiary alicyclic amines) is 1. The topological polar surface area (TPSA) is 46.6 Å². The average Bonchev–Trinajstić information content (AvgIpc) is 2.17. The molecule has 1 amide bonds. The number of hydrogen-bond acceptors (Lipinski definition) is 3. The molecule has 13 heavy (non-hydrogen) atoms. The molecule has 0 saturated carbocycles. The fourth-order valence-corrected chi connectivity index (χ4v) is 1.94. The van der Waals surface area contributed by atoms with Gasteiger partial charge in [0.2, 0.25) is 0 Å². The smallest absolute Gasteiger partial charge is 0.308 e. The molecule has 0 aromatic rings. The maximum absolute atomic E-state index is 11.1. The van der Waals surface area contributed by atoms with Gasteiger partial charge in [-0.05, 0) is 12.8 Å². The van der Waals surface area contributed by atoms with E-state index in [-0.39, 0.29) is 15.8 Å². The third kappa shape index (κ3) is 2.82. The lowest BCUT2D eigenvalue weighted by molar-refractivity contribution is -0.146. The zero-order chi connectivity index (χ0) is 9.84. The Balaban J connectivity index is 2.39. The Morgan fingerprint density at radius 1 is 1.38 bits per heavy atom. The Morgan fingerprint density at radius 2 is 1.92 bits per heavy atom. The highest BCUT2D eigenvalue weighted by Gasteiger charge is 2.26. The van der Waals surface area contributed by atoms with Gasteiger partial charge in [0, 0.05) is 35.7 Å². The normalized spacial score (nSPS) is 18.5. The average molecular weight is 297 g/mol. The fourth-order valence-electron chi connectivity index (χ4n) is 1.46. The van der Waals surface area contributed by atoms with E-state index in [0.717, 1.165) is 12.8 Å². The van der Waals surface area contributed by atoms with Crippen LogP contribution in [0.25, 0.3) is 0 Å². The number of carbonyl (C=O) groups excluding carboxylic acids is 2. The molecule has 74 valence electrons. The highest BCUT2D eigenvalue weighted by Crippen LogP contribution is 2.19. The molecule has 0 aromatic carbocycles. The molecule has 0 spiro atoms. The summed E-state index contributed by atoms with van der Waals surface area (Å²) in [6.45, 7) is 1.34. The second-order valence-electron chi connectivity index (χ2n) is 3.04. The van der Waals surface area contributed by atoms with Crippen LogP contribution in [-0.4, -0.2) is 35.0 Å². The molecule has 0 atom stereocenters. The summed E-state index contributed by atoms with van der Waals surface area (Å²) in [6.07, 6.45) is 1.45. The number of esters is 1. The monoisotopic (exact) mass is 297 g/mol. The summed E-state index contributed by atoms with van der Waals surface area (Å²) in [6, 6.07) is 0. The summed E-state index contributed by atoms with van der Waals surface area (Å²) in [5.41, 5.74) is 0. The van der Waals surface area contributed by atoms with Crippen molar-refractivity contribution in [3.63, 3.8) is 0 Å². The number of hydrogen-bond donors (Lipinski definition) is 0. The van der Waals surface area contributed by atoms with Gasteiger partial charge in [0.05, 0.1) is 13.0 Å². The summed E-state index contributed by atoms with van der Waals surface area (Å²) in [7, 11) is 1.40. The lowest BCUT2D eigenvalue weighted by atomic mass is 9.97. The molecular weight excluding hydrogens is 285 g/mol. The number of amides is 1. The Morgan fingerprint density at radius 3 is 2.31 bits per heavy atom.